The number of methoxy groups -OCH3 is 1. The Balaban J connectivity index is 2.19. The summed E-state index contributed by atoms with van der Waals surface area (Å²) < 4.78 is 48.7. The van der Waals surface area contributed by atoms with Gasteiger partial charge in [-0.15, -0.1) is 0 Å². The zero-order valence-corrected chi connectivity index (χ0v) is 12.2. The summed E-state index contributed by atoms with van der Waals surface area (Å²) >= 11 is 0. The third kappa shape index (κ3) is 2.75. The lowest BCUT2D eigenvalue weighted by Crippen LogP contribution is -2.06. The summed E-state index contributed by atoms with van der Waals surface area (Å²) in [5.41, 5.74) is -0.0665. The molecular weight excluding hydrogens is 327 g/mol. The maximum atomic E-state index is 13.2. The van der Waals surface area contributed by atoms with Crippen LogP contribution in [-0.2, 0) is 10.9 Å². The second-order valence-electron chi connectivity index (χ2n) is 4.72. The first kappa shape index (κ1) is 15.8. The van der Waals surface area contributed by atoms with Crippen molar-refractivity contribution in [3.8, 4) is 22.5 Å². The summed E-state index contributed by atoms with van der Waals surface area (Å²) in [7, 11) is 1.14. The molecule has 6 nitrogen and oxygen atoms in total. The van der Waals surface area contributed by atoms with Crippen molar-refractivity contribution in [3.63, 3.8) is 0 Å². The molecule has 24 heavy (non-hydrogen) atoms. The van der Waals surface area contributed by atoms with Crippen LogP contribution in [0.4, 0.5) is 13.2 Å². The lowest BCUT2D eigenvalue weighted by Gasteiger charge is -2.04. The number of hydrogen-bond acceptors (Lipinski definition) is 5. The molecule has 0 fully saturated rings. The standard InChI is InChI=1S/C15H10F3N3O3/c1-23-14(22)13-19-7-9(20-13)10-11(8-5-3-2-4-6-8)21-24-12(10)15(16,17)18/h2-7H,1H3,(H,19,20). The van der Waals surface area contributed by atoms with E-state index in [0.717, 1.165) is 7.11 Å². The van der Waals surface area contributed by atoms with Crippen LogP contribution < -0.4 is 0 Å². The normalized spacial score (nSPS) is 11.5. The van der Waals surface area contributed by atoms with Gasteiger partial charge in [-0.05, 0) is 0 Å². The lowest BCUT2D eigenvalue weighted by atomic mass is 10.0. The van der Waals surface area contributed by atoms with Crippen molar-refractivity contribution in [2.24, 2.45) is 0 Å². The van der Waals surface area contributed by atoms with Crippen LogP contribution in [0.3, 0.4) is 0 Å². The molecular formula is C15H10F3N3O3. The highest BCUT2D eigenvalue weighted by molar-refractivity contribution is 5.87. The number of hydrogen-bond donors (Lipinski definition) is 1. The number of carbonyl (C=O) groups excluding carboxylic acids is 1. The third-order valence-corrected chi connectivity index (χ3v) is 3.21. The maximum absolute atomic E-state index is 13.2. The van der Waals surface area contributed by atoms with Crippen molar-refractivity contribution in [1.82, 2.24) is 15.1 Å². The summed E-state index contributed by atoms with van der Waals surface area (Å²) in [5, 5.41) is 3.54. The Kier molecular flexibility index (Phi) is 3.84. The van der Waals surface area contributed by atoms with Crippen molar-refractivity contribution in [3.05, 3.63) is 48.1 Å². The fraction of sp³-hybridized carbons (Fsp3) is 0.133. The van der Waals surface area contributed by atoms with E-state index in [0.29, 0.717) is 5.56 Å². The molecule has 0 radical (unpaired) electrons. The Hall–Kier alpha value is -3.10. The van der Waals surface area contributed by atoms with Crippen LogP contribution in [0, 0.1) is 0 Å². The first-order valence-corrected chi connectivity index (χ1v) is 6.68. The number of imidazole rings is 1. The Labute approximate surface area is 133 Å². The second kappa shape index (κ2) is 5.84. The SMILES string of the molecule is COC(=O)c1nc(-c2c(-c3ccccc3)noc2C(F)(F)F)c[nH]1. The summed E-state index contributed by atoms with van der Waals surface area (Å²) in [6.45, 7) is 0. The molecule has 0 atom stereocenters. The minimum Gasteiger partial charge on any atom is -0.463 e. The quantitative estimate of drug-likeness (QED) is 0.739. The van der Waals surface area contributed by atoms with Gasteiger partial charge in [0.05, 0.1) is 18.4 Å². The first-order valence-electron chi connectivity index (χ1n) is 6.68. The number of rotatable bonds is 3. The van der Waals surface area contributed by atoms with Gasteiger partial charge in [0, 0.05) is 11.8 Å². The van der Waals surface area contributed by atoms with Crippen LogP contribution in [-0.4, -0.2) is 28.2 Å². The maximum Gasteiger partial charge on any atom is 0.453 e. The van der Waals surface area contributed by atoms with Crippen molar-refractivity contribution in [2.75, 3.05) is 7.11 Å². The van der Waals surface area contributed by atoms with Gasteiger partial charge >= 0.3 is 12.1 Å². The molecule has 0 unspecified atom stereocenters. The number of ether oxygens (including phenoxy) is 1. The van der Waals surface area contributed by atoms with Crippen molar-refractivity contribution in [1.29, 1.82) is 0 Å². The Morgan fingerprint density at radius 2 is 1.96 bits per heavy atom. The minimum absolute atomic E-state index is 0.0224. The molecule has 0 saturated heterocycles. The molecule has 0 aliphatic carbocycles. The number of nitrogens with zero attached hydrogens (tertiary/aromatic N) is 2. The number of halogens is 3. The number of carbonyl (C=O) groups is 1. The molecule has 2 aromatic heterocycles. The van der Waals surface area contributed by atoms with Crippen LogP contribution in [0.25, 0.3) is 22.5 Å². The van der Waals surface area contributed by atoms with E-state index in [9.17, 15) is 18.0 Å². The Morgan fingerprint density at radius 3 is 2.58 bits per heavy atom. The number of nitrogens with one attached hydrogen (secondary N) is 1. The summed E-state index contributed by atoms with van der Waals surface area (Å²) in [4.78, 5) is 17.8. The summed E-state index contributed by atoms with van der Waals surface area (Å²) in [5.74, 6) is -2.31. The third-order valence-electron chi connectivity index (χ3n) is 3.21. The van der Waals surface area contributed by atoms with Gasteiger partial charge in [0.2, 0.25) is 11.6 Å². The smallest absolute Gasteiger partial charge is 0.453 e. The van der Waals surface area contributed by atoms with Crippen LogP contribution in [0.2, 0.25) is 0 Å². The minimum atomic E-state index is -4.76. The monoisotopic (exact) mass is 337 g/mol. The van der Waals surface area contributed by atoms with E-state index < -0.39 is 17.9 Å². The number of alkyl halides is 3. The largest absolute Gasteiger partial charge is 0.463 e. The van der Waals surface area contributed by atoms with E-state index in [4.69, 9.17) is 0 Å². The van der Waals surface area contributed by atoms with Crippen molar-refractivity contribution < 1.29 is 27.2 Å². The van der Waals surface area contributed by atoms with Crippen LogP contribution in [0.15, 0.2) is 41.1 Å². The zero-order chi connectivity index (χ0) is 17.3. The highest BCUT2D eigenvalue weighted by Crippen LogP contribution is 2.41. The zero-order valence-electron chi connectivity index (χ0n) is 12.2. The average molecular weight is 337 g/mol. The van der Waals surface area contributed by atoms with Gasteiger partial charge < -0.3 is 14.2 Å². The molecule has 0 spiro atoms. The van der Waals surface area contributed by atoms with E-state index >= 15 is 0 Å². The fourth-order valence-electron chi connectivity index (χ4n) is 2.17. The van der Waals surface area contributed by atoms with Crippen LogP contribution >= 0.6 is 0 Å². The highest BCUT2D eigenvalue weighted by Gasteiger charge is 2.41. The molecule has 1 aromatic carbocycles. The topological polar surface area (TPSA) is 81.0 Å². The van der Waals surface area contributed by atoms with Gasteiger partial charge in [-0.3, -0.25) is 0 Å². The van der Waals surface area contributed by atoms with Gasteiger partial charge in [-0.1, -0.05) is 35.5 Å². The molecule has 0 amide bonds. The van der Waals surface area contributed by atoms with E-state index in [1.165, 1.54) is 6.20 Å². The lowest BCUT2D eigenvalue weighted by molar-refractivity contribution is -0.154. The number of benzene rings is 1. The average Bonchev–Trinajstić information content (AvgIpc) is 3.21. The number of esters is 1. The van der Waals surface area contributed by atoms with Gasteiger partial charge in [0.25, 0.3) is 0 Å². The molecule has 0 aliphatic rings. The van der Waals surface area contributed by atoms with E-state index in [2.05, 4.69) is 24.4 Å². The van der Waals surface area contributed by atoms with Crippen LogP contribution in [0.1, 0.15) is 16.4 Å². The predicted octanol–water partition coefficient (Wildman–Crippen LogP) is 3.54. The molecule has 9 heteroatoms. The van der Waals surface area contributed by atoms with Gasteiger partial charge in [-0.25, -0.2) is 9.78 Å². The molecule has 124 valence electrons. The molecule has 0 saturated carbocycles. The van der Waals surface area contributed by atoms with Crippen molar-refractivity contribution in [2.45, 2.75) is 6.18 Å². The number of aromatic amines is 1. The van der Waals surface area contributed by atoms with Gasteiger partial charge in [0.15, 0.2) is 0 Å². The highest BCUT2D eigenvalue weighted by atomic mass is 19.4. The van der Waals surface area contributed by atoms with Crippen LogP contribution in [0.5, 0.6) is 0 Å². The summed E-state index contributed by atoms with van der Waals surface area (Å²) in [6.07, 6.45) is -3.60. The molecule has 0 aliphatic heterocycles. The number of aromatic nitrogens is 3. The van der Waals surface area contributed by atoms with E-state index in [-0.39, 0.29) is 22.8 Å². The Morgan fingerprint density at radius 1 is 1.25 bits per heavy atom. The molecule has 2 heterocycles. The van der Waals surface area contributed by atoms with Crippen molar-refractivity contribution >= 4 is 5.97 Å². The summed E-state index contributed by atoms with van der Waals surface area (Å²) in [6, 6.07) is 8.22. The van der Waals surface area contributed by atoms with E-state index in [1.54, 1.807) is 30.3 Å². The van der Waals surface area contributed by atoms with Gasteiger partial charge in [-0.2, -0.15) is 13.2 Å². The molecule has 1 N–H and O–H groups in total. The number of H-pyrrole nitrogens is 1. The fourth-order valence-corrected chi connectivity index (χ4v) is 2.17. The molecule has 0 bridgehead atoms. The van der Waals surface area contributed by atoms with Gasteiger partial charge in [0.1, 0.15) is 5.69 Å². The van der Waals surface area contributed by atoms with E-state index in [1.807, 2.05) is 0 Å². The second-order valence-corrected chi connectivity index (χ2v) is 4.72. The molecule has 3 rings (SSSR count). The predicted molar refractivity (Wildman–Crippen MR) is 75.9 cm³/mol. The Bertz CT molecular complexity index is 869. The molecule has 3 aromatic rings. The first-order chi connectivity index (χ1) is 11.4.